The summed E-state index contributed by atoms with van der Waals surface area (Å²) in [5.41, 5.74) is 2.27. The molecule has 0 amide bonds. The second-order valence-electron chi connectivity index (χ2n) is 5.73. The third-order valence-electron chi connectivity index (χ3n) is 4.10. The lowest BCUT2D eigenvalue weighted by Crippen LogP contribution is -2.18. The Labute approximate surface area is 141 Å². The van der Waals surface area contributed by atoms with Crippen molar-refractivity contribution >= 4 is 11.6 Å². The van der Waals surface area contributed by atoms with E-state index in [4.69, 9.17) is 9.47 Å². The van der Waals surface area contributed by atoms with E-state index in [9.17, 15) is 9.59 Å². The first-order valence-electron chi connectivity index (χ1n) is 8.23. The summed E-state index contributed by atoms with van der Waals surface area (Å²) in [4.78, 5) is 24.8. The molecule has 24 heavy (non-hydrogen) atoms. The Morgan fingerprint density at radius 2 is 1.71 bits per heavy atom. The van der Waals surface area contributed by atoms with Gasteiger partial charge in [-0.15, -0.1) is 0 Å². The summed E-state index contributed by atoms with van der Waals surface area (Å²) in [7, 11) is 0. The normalized spacial score (nSPS) is 12.7. The van der Waals surface area contributed by atoms with Crippen LogP contribution in [0.25, 0.3) is 0 Å². The molecule has 0 saturated heterocycles. The predicted octanol–water partition coefficient (Wildman–Crippen LogP) is 3.87. The van der Waals surface area contributed by atoms with Gasteiger partial charge in [-0.25, -0.2) is 0 Å². The average Bonchev–Trinajstić information content (AvgIpc) is 2.65. The molecule has 0 bridgehead atoms. The molecule has 0 saturated carbocycles. The van der Waals surface area contributed by atoms with Crippen molar-refractivity contribution in [1.82, 2.24) is 0 Å². The Morgan fingerprint density at radius 3 is 2.54 bits per heavy atom. The molecule has 2 aromatic carbocycles. The van der Waals surface area contributed by atoms with Crippen LogP contribution in [0.5, 0.6) is 11.5 Å². The van der Waals surface area contributed by atoms with Crippen molar-refractivity contribution in [2.24, 2.45) is 0 Å². The second kappa shape index (κ2) is 7.30. The van der Waals surface area contributed by atoms with Crippen LogP contribution in [-0.4, -0.2) is 24.8 Å². The summed E-state index contributed by atoms with van der Waals surface area (Å²) >= 11 is 0. The Kier molecular flexibility index (Phi) is 4.94. The van der Waals surface area contributed by atoms with E-state index in [-0.39, 0.29) is 24.4 Å². The van der Waals surface area contributed by atoms with E-state index >= 15 is 0 Å². The van der Waals surface area contributed by atoms with Crippen LogP contribution in [0.3, 0.4) is 0 Å². The molecule has 4 heteroatoms. The third-order valence-corrected chi connectivity index (χ3v) is 4.10. The number of aryl methyl sites for hydroxylation is 1. The zero-order valence-electron chi connectivity index (χ0n) is 13.7. The van der Waals surface area contributed by atoms with Crippen LogP contribution in [0, 0.1) is 0 Å². The minimum atomic E-state index is -0.0997. The standard InChI is InChI=1S/C20H20O4/c1-2-14-5-3-6-15(13-14)17(21)9-10-18(22)16-7-4-8-19-20(16)24-12-11-23-19/h3-8,13H,2,9-12H2,1H3. The smallest absolute Gasteiger partial charge is 0.172 e. The molecule has 2 aromatic rings. The van der Waals surface area contributed by atoms with Gasteiger partial charge in [0.15, 0.2) is 23.1 Å². The predicted molar refractivity (Wildman–Crippen MR) is 91.1 cm³/mol. The van der Waals surface area contributed by atoms with Crippen LogP contribution in [0.4, 0.5) is 0 Å². The van der Waals surface area contributed by atoms with Gasteiger partial charge in [-0.2, -0.15) is 0 Å². The van der Waals surface area contributed by atoms with Crippen LogP contribution in [0.15, 0.2) is 42.5 Å². The van der Waals surface area contributed by atoms with Gasteiger partial charge in [0.2, 0.25) is 0 Å². The maximum atomic E-state index is 12.5. The quantitative estimate of drug-likeness (QED) is 0.757. The van der Waals surface area contributed by atoms with E-state index in [1.54, 1.807) is 24.3 Å². The lowest BCUT2D eigenvalue weighted by molar-refractivity contribution is 0.0911. The largest absolute Gasteiger partial charge is 0.486 e. The highest BCUT2D eigenvalue weighted by atomic mass is 16.6. The van der Waals surface area contributed by atoms with Crippen LogP contribution in [0.1, 0.15) is 46.0 Å². The summed E-state index contributed by atoms with van der Waals surface area (Å²) < 4.78 is 11.1. The summed E-state index contributed by atoms with van der Waals surface area (Å²) in [6, 6.07) is 12.8. The van der Waals surface area contributed by atoms with Crippen LogP contribution < -0.4 is 9.47 Å². The number of ether oxygens (including phenoxy) is 2. The van der Waals surface area contributed by atoms with Crippen molar-refractivity contribution in [1.29, 1.82) is 0 Å². The number of hydrogen-bond donors (Lipinski definition) is 0. The highest BCUT2D eigenvalue weighted by Gasteiger charge is 2.21. The first-order chi connectivity index (χ1) is 11.7. The highest BCUT2D eigenvalue weighted by molar-refractivity contribution is 6.03. The Hall–Kier alpha value is -2.62. The fourth-order valence-corrected chi connectivity index (χ4v) is 2.76. The topological polar surface area (TPSA) is 52.6 Å². The van der Waals surface area contributed by atoms with Gasteiger partial charge in [0.25, 0.3) is 0 Å². The molecule has 0 aromatic heterocycles. The number of rotatable bonds is 6. The zero-order chi connectivity index (χ0) is 16.9. The van der Waals surface area contributed by atoms with Gasteiger partial charge in [-0.3, -0.25) is 9.59 Å². The number of carbonyl (C=O) groups excluding carboxylic acids is 2. The van der Waals surface area contributed by atoms with Crippen molar-refractivity contribution in [3.05, 3.63) is 59.2 Å². The number of fused-ring (bicyclic) bond motifs is 1. The molecule has 0 fully saturated rings. The monoisotopic (exact) mass is 324 g/mol. The van der Waals surface area contributed by atoms with Gasteiger partial charge in [-0.1, -0.05) is 31.2 Å². The van der Waals surface area contributed by atoms with Crippen molar-refractivity contribution in [3.63, 3.8) is 0 Å². The maximum Gasteiger partial charge on any atom is 0.172 e. The Morgan fingerprint density at radius 1 is 0.958 bits per heavy atom. The van der Waals surface area contributed by atoms with Gasteiger partial charge < -0.3 is 9.47 Å². The summed E-state index contributed by atoms with van der Waals surface area (Å²) in [6.45, 7) is 2.96. The fourth-order valence-electron chi connectivity index (χ4n) is 2.76. The molecule has 0 spiro atoms. The lowest BCUT2D eigenvalue weighted by atomic mass is 9.99. The van der Waals surface area contributed by atoms with E-state index in [1.807, 2.05) is 25.1 Å². The Bertz CT molecular complexity index is 764. The Balaban J connectivity index is 1.68. The number of hydrogen-bond acceptors (Lipinski definition) is 4. The second-order valence-corrected chi connectivity index (χ2v) is 5.73. The molecule has 0 unspecified atom stereocenters. The van der Waals surface area contributed by atoms with Crippen molar-refractivity contribution < 1.29 is 19.1 Å². The minimum Gasteiger partial charge on any atom is -0.486 e. The molecular formula is C20H20O4. The molecule has 3 rings (SSSR count). The molecule has 124 valence electrons. The van der Waals surface area contributed by atoms with Gasteiger partial charge in [0.1, 0.15) is 13.2 Å². The minimum absolute atomic E-state index is 0.0133. The van der Waals surface area contributed by atoms with Crippen molar-refractivity contribution in [2.75, 3.05) is 13.2 Å². The molecular weight excluding hydrogens is 304 g/mol. The van der Waals surface area contributed by atoms with E-state index in [2.05, 4.69) is 0 Å². The molecule has 1 heterocycles. The van der Waals surface area contributed by atoms with Gasteiger partial charge in [-0.05, 0) is 30.2 Å². The van der Waals surface area contributed by atoms with Gasteiger partial charge >= 0.3 is 0 Å². The first kappa shape index (κ1) is 16.2. The number of Topliss-reactive ketones (excluding diaryl/α,β-unsaturated/α-hetero) is 2. The molecule has 0 N–H and O–H groups in total. The molecule has 4 nitrogen and oxygen atoms in total. The third kappa shape index (κ3) is 3.48. The summed E-state index contributed by atoms with van der Waals surface area (Å²) in [6.07, 6.45) is 1.24. The molecule has 0 atom stereocenters. The zero-order valence-corrected chi connectivity index (χ0v) is 13.7. The van der Waals surface area contributed by atoms with Crippen LogP contribution >= 0.6 is 0 Å². The molecule has 0 radical (unpaired) electrons. The number of carbonyl (C=O) groups is 2. The maximum absolute atomic E-state index is 12.5. The first-order valence-corrected chi connectivity index (χ1v) is 8.23. The number of ketones is 2. The molecule has 1 aliphatic heterocycles. The van der Waals surface area contributed by atoms with Crippen molar-refractivity contribution in [2.45, 2.75) is 26.2 Å². The number of para-hydroxylation sites is 1. The molecule has 0 aliphatic carbocycles. The van der Waals surface area contributed by atoms with E-state index < -0.39 is 0 Å². The van der Waals surface area contributed by atoms with E-state index in [1.165, 1.54) is 0 Å². The van der Waals surface area contributed by atoms with Crippen LogP contribution in [0.2, 0.25) is 0 Å². The lowest BCUT2D eigenvalue weighted by Gasteiger charge is -2.20. The molecule has 1 aliphatic rings. The van der Waals surface area contributed by atoms with E-state index in [0.29, 0.717) is 35.8 Å². The summed E-state index contributed by atoms with van der Waals surface area (Å²) in [5.74, 6) is 0.973. The van der Waals surface area contributed by atoms with Gasteiger partial charge in [0, 0.05) is 18.4 Å². The van der Waals surface area contributed by atoms with Crippen LogP contribution in [-0.2, 0) is 6.42 Å². The van der Waals surface area contributed by atoms with E-state index in [0.717, 1.165) is 12.0 Å². The van der Waals surface area contributed by atoms with Gasteiger partial charge in [0.05, 0.1) is 5.56 Å². The average molecular weight is 324 g/mol. The summed E-state index contributed by atoms with van der Waals surface area (Å²) in [5, 5.41) is 0. The SMILES string of the molecule is CCc1cccc(C(=O)CCC(=O)c2cccc3c2OCCO3)c1. The van der Waals surface area contributed by atoms with Crippen molar-refractivity contribution in [3.8, 4) is 11.5 Å². The highest BCUT2D eigenvalue weighted by Crippen LogP contribution is 2.34. The fraction of sp³-hybridized carbons (Fsp3) is 0.300. The number of benzene rings is 2.